The van der Waals surface area contributed by atoms with E-state index in [0.717, 1.165) is 0 Å². The van der Waals surface area contributed by atoms with Crippen molar-refractivity contribution in [3.05, 3.63) is 18.2 Å². The molecule has 0 saturated carbocycles. The molecule has 0 amide bonds. The summed E-state index contributed by atoms with van der Waals surface area (Å²) < 4.78 is 2.57. The van der Waals surface area contributed by atoms with Gasteiger partial charge in [-0.25, -0.2) is 4.98 Å². The molecule has 0 aliphatic rings. The Morgan fingerprint density at radius 2 is 0.821 bits per heavy atom. The van der Waals surface area contributed by atoms with Crippen LogP contribution >= 0.6 is 0 Å². The zero-order chi connectivity index (χ0) is 28.2. The molecule has 0 saturated heterocycles. The van der Waals surface area contributed by atoms with E-state index in [2.05, 4.69) is 44.7 Å². The van der Waals surface area contributed by atoms with E-state index in [-0.39, 0.29) is 0 Å². The summed E-state index contributed by atoms with van der Waals surface area (Å²) in [6, 6.07) is 0.590. The van der Waals surface area contributed by atoms with Gasteiger partial charge in [0.25, 0.3) is 0 Å². The Kier molecular flexibility index (Phi) is 25.4. The summed E-state index contributed by atoms with van der Waals surface area (Å²) in [5.41, 5.74) is 0. The summed E-state index contributed by atoms with van der Waals surface area (Å²) >= 11 is 0. The van der Waals surface area contributed by atoms with E-state index in [0.29, 0.717) is 12.0 Å². The van der Waals surface area contributed by atoms with Crippen LogP contribution in [-0.4, -0.2) is 9.55 Å². The van der Waals surface area contributed by atoms with Gasteiger partial charge < -0.3 is 4.57 Å². The van der Waals surface area contributed by atoms with Gasteiger partial charge in [-0.15, -0.1) is 0 Å². The minimum Gasteiger partial charge on any atom is -0.332 e. The average Bonchev–Trinajstić information content (AvgIpc) is 3.44. The lowest BCUT2D eigenvalue weighted by Crippen LogP contribution is -2.13. The highest BCUT2D eigenvalue weighted by Gasteiger charge is 2.19. The standard InChI is InChI=1S/C37H72N2/c1-5-8-11-14-16-17-18-19-20-21-23-25-27-30-35(4)39-34-33-38-37(39)36(31-28-24-13-10-7-3)32-29-26-22-15-12-9-6-2/h33-36H,5-32H2,1-4H3. The SMILES string of the molecule is CCCCCCCCCCCCCCCC(C)n1ccnc1C(CCCCCCC)CCCCCCCCC. The predicted molar refractivity (Wildman–Crippen MR) is 176 cm³/mol. The molecule has 1 aromatic heterocycles. The number of aromatic nitrogens is 2. The van der Waals surface area contributed by atoms with Crippen LogP contribution in [0.4, 0.5) is 0 Å². The molecule has 2 atom stereocenters. The third kappa shape index (κ3) is 19.8. The first-order valence-electron chi connectivity index (χ1n) is 18.3. The third-order valence-electron chi connectivity index (χ3n) is 9.08. The van der Waals surface area contributed by atoms with Gasteiger partial charge in [0, 0.05) is 24.4 Å². The zero-order valence-electron chi connectivity index (χ0n) is 27.5. The van der Waals surface area contributed by atoms with Crippen LogP contribution < -0.4 is 0 Å². The molecule has 2 heteroatoms. The van der Waals surface area contributed by atoms with Crippen LogP contribution in [-0.2, 0) is 0 Å². The minimum absolute atomic E-state index is 0.590. The summed E-state index contributed by atoms with van der Waals surface area (Å²) in [5.74, 6) is 2.06. The largest absolute Gasteiger partial charge is 0.332 e. The molecule has 0 bridgehead atoms. The van der Waals surface area contributed by atoms with Crippen molar-refractivity contribution in [3.63, 3.8) is 0 Å². The van der Waals surface area contributed by atoms with Crippen LogP contribution in [0, 0.1) is 0 Å². The van der Waals surface area contributed by atoms with Crippen molar-refractivity contribution in [1.29, 1.82) is 0 Å². The van der Waals surface area contributed by atoms with E-state index in [1.807, 2.05) is 0 Å². The summed E-state index contributed by atoms with van der Waals surface area (Å²) in [5, 5.41) is 0. The summed E-state index contributed by atoms with van der Waals surface area (Å²) in [6.07, 6.45) is 43.8. The van der Waals surface area contributed by atoms with Crippen molar-refractivity contribution in [3.8, 4) is 0 Å². The normalized spacial score (nSPS) is 13.2. The first-order chi connectivity index (χ1) is 19.2. The van der Waals surface area contributed by atoms with E-state index in [9.17, 15) is 0 Å². The second kappa shape index (κ2) is 27.4. The number of imidazole rings is 1. The molecule has 0 aliphatic carbocycles. The number of rotatable bonds is 30. The maximum absolute atomic E-state index is 4.97. The van der Waals surface area contributed by atoms with Crippen molar-refractivity contribution in [2.75, 3.05) is 0 Å². The molecule has 0 aliphatic heterocycles. The third-order valence-corrected chi connectivity index (χ3v) is 9.08. The highest BCUT2D eigenvalue weighted by Crippen LogP contribution is 2.30. The van der Waals surface area contributed by atoms with Gasteiger partial charge in [-0.3, -0.25) is 0 Å². The molecule has 2 unspecified atom stereocenters. The van der Waals surface area contributed by atoms with Gasteiger partial charge in [-0.2, -0.15) is 0 Å². The second-order valence-corrected chi connectivity index (χ2v) is 12.9. The van der Waals surface area contributed by atoms with Gasteiger partial charge in [0.2, 0.25) is 0 Å². The summed E-state index contributed by atoms with van der Waals surface area (Å²) in [7, 11) is 0. The molecule has 1 rings (SSSR count). The van der Waals surface area contributed by atoms with Crippen molar-refractivity contribution in [2.24, 2.45) is 0 Å². The molecule has 2 nitrogen and oxygen atoms in total. The van der Waals surface area contributed by atoms with Crippen molar-refractivity contribution < 1.29 is 0 Å². The lowest BCUT2D eigenvalue weighted by atomic mass is 9.93. The van der Waals surface area contributed by atoms with E-state index in [1.165, 1.54) is 186 Å². The van der Waals surface area contributed by atoms with Gasteiger partial charge in [-0.1, -0.05) is 181 Å². The fraction of sp³-hybridized carbons (Fsp3) is 0.919. The molecule has 0 radical (unpaired) electrons. The van der Waals surface area contributed by atoms with E-state index in [4.69, 9.17) is 4.98 Å². The van der Waals surface area contributed by atoms with Crippen molar-refractivity contribution in [2.45, 2.75) is 219 Å². The summed E-state index contributed by atoms with van der Waals surface area (Å²) in [6.45, 7) is 9.38. The molecule has 230 valence electrons. The van der Waals surface area contributed by atoms with Crippen LogP contribution in [0.25, 0.3) is 0 Å². The summed E-state index contributed by atoms with van der Waals surface area (Å²) in [4.78, 5) is 4.97. The molecule has 1 heterocycles. The van der Waals surface area contributed by atoms with Gasteiger partial charge in [0.05, 0.1) is 0 Å². The molecule has 1 aromatic rings. The first kappa shape index (κ1) is 36.2. The second-order valence-electron chi connectivity index (χ2n) is 12.9. The first-order valence-corrected chi connectivity index (χ1v) is 18.3. The Hall–Kier alpha value is -0.790. The van der Waals surface area contributed by atoms with Crippen molar-refractivity contribution >= 4 is 0 Å². The van der Waals surface area contributed by atoms with E-state index >= 15 is 0 Å². The lowest BCUT2D eigenvalue weighted by Gasteiger charge is -2.22. The Balaban J connectivity index is 2.33. The molecule has 0 fully saturated rings. The van der Waals surface area contributed by atoms with Crippen LogP contribution in [0.15, 0.2) is 12.4 Å². The van der Waals surface area contributed by atoms with E-state index in [1.54, 1.807) is 0 Å². The molecule has 39 heavy (non-hydrogen) atoms. The lowest BCUT2D eigenvalue weighted by molar-refractivity contribution is 0.412. The Morgan fingerprint density at radius 1 is 0.487 bits per heavy atom. The molecular formula is C37H72N2. The predicted octanol–water partition coefficient (Wildman–Crippen LogP) is 13.5. The highest BCUT2D eigenvalue weighted by molar-refractivity contribution is 5.02. The van der Waals surface area contributed by atoms with Gasteiger partial charge in [-0.05, 0) is 26.2 Å². The van der Waals surface area contributed by atoms with E-state index < -0.39 is 0 Å². The minimum atomic E-state index is 0.590. The van der Waals surface area contributed by atoms with Crippen LogP contribution in [0.5, 0.6) is 0 Å². The Morgan fingerprint density at radius 3 is 1.21 bits per heavy atom. The maximum atomic E-state index is 4.97. The maximum Gasteiger partial charge on any atom is 0.111 e. The monoisotopic (exact) mass is 545 g/mol. The van der Waals surface area contributed by atoms with Crippen LogP contribution in [0.2, 0.25) is 0 Å². The molecular weight excluding hydrogens is 472 g/mol. The number of nitrogens with zero attached hydrogens (tertiary/aromatic N) is 2. The highest BCUT2D eigenvalue weighted by atomic mass is 15.1. The molecule has 0 spiro atoms. The number of hydrogen-bond acceptors (Lipinski definition) is 1. The zero-order valence-corrected chi connectivity index (χ0v) is 27.5. The quantitative estimate of drug-likeness (QED) is 0.0880. The Bertz CT molecular complexity index is 606. The fourth-order valence-electron chi connectivity index (χ4n) is 6.35. The smallest absolute Gasteiger partial charge is 0.111 e. The molecule has 0 N–H and O–H groups in total. The van der Waals surface area contributed by atoms with Crippen LogP contribution in [0.1, 0.15) is 225 Å². The van der Waals surface area contributed by atoms with Gasteiger partial charge >= 0.3 is 0 Å². The topological polar surface area (TPSA) is 17.8 Å². The van der Waals surface area contributed by atoms with Gasteiger partial charge in [0.1, 0.15) is 5.82 Å². The Labute approximate surface area is 246 Å². The van der Waals surface area contributed by atoms with Crippen LogP contribution in [0.3, 0.4) is 0 Å². The molecule has 0 aromatic carbocycles. The van der Waals surface area contributed by atoms with Crippen molar-refractivity contribution in [1.82, 2.24) is 9.55 Å². The number of unbranched alkanes of at least 4 members (excludes halogenated alkanes) is 22. The number of hydrogen-bond donors (Lipinski definition) is 0. The fourth-order valence-corrected chi connectivity index (χ4v) is 6.35. The van der Waals surface area contributed by atoms with Gasteiger partial charge in [0.15, 0.2) is 0 Å². The average molecular weight is 545 g/mol.